The van der Waals surface area contributed by atoms with Crippen LogP contribution in [0.3, 0.4) is 0 Å². The molecule has 0 fully saturated rings. The van der Waals surface area contributed by atoms with Crippen LogP contribution >= 0.6 is 0 Å². The molecule has 2 aromatic rings. The summed E-state index contributed by atoms with van der Waals surface area (Å²) in [5.74, 6) is 0. The molecule has 0 aliphatic carbocycles. The molecule has 1 heteroatoms. The summed E-state index contributed by atoms with van der Waals surface area (Å²) in [7, 11) is -1.19. The summed E-state index contributed by atoms with van der Waals surface area (Å²) in [6.45, 7) is 9.49. The lowest BCUT2D eigenvalue weighted by molar-refractivity contribution is 0.718. The molecule has 102 valence electrons. The topological polar surface area (TPSA) is 0 Å². The number of hydrogen-bond acceptors (Lipinski definition) is 0. The highest BCUT2D eigenvalue weighted by Gasteiger charge is 2.16. The van der Waals surface area contributed by atoms with Gasteiger partial charge in [0.1, 0.15) is 0 Å². The fraction of sp³-hybridized carbons (Fsp3) is 0.444. The van der Waals surface area contributed by atoms with E-state index in [0.29, 0.717) is 0 Å². The number of rotatable bonds is 5. The largest absolute Gasteiger partial charge is 0.0776 e. The van der Waals surface area contributed by atoms with E-state index in [9.17, 15) is 0 Å². The summed E-state index contributed by atoms with van der Waals surface area (Å²) in [6.07, 6.45) is 5.17. The van der Waals surface area contributed by atoms with Crippen LogP contribution in [0.15, 0.2) is 36.4 Å². The van der Waals surface area contributed by atoms with E-state index in [1.54, 1.807) is 5.19 Å². The summed E-state index contributed by atoms with van der Waals surface area (Å²) >= 11 is 0. The standard InChI is InChI=1S/C18H26Si/c1-5-6-7-8-15-9-10-17-14-18(19(2,3)4)12-11-16(17)13-15/h9-14H,5-8H2,1-4H3. The third-order valence-electron chi connectivity index (χ3n) is 3.84. The highest BCUT2D eigenvalue weighted by Crippen LogP contribution is 2.18. The Morgan fingerprint density at radius 1 is 0.842 bits per heavy atom. The lowest BCUT2D eigenvalue weighted by Crippen LogP contribution is -2.37. The van der Waals surface area contributed by atoms with Crippen LogP contribution in [0.2, 0.25) is 19.6 Å². The van der Waals surface area contributed by atoms with Crippen molar-refractivity contribution in [2.75, 3.05) is 0 Å². The first-order chi connectivity index (χ1) is 9.00. The predicted molar refractivity (Wildman–Crippen MR) is 90.2 cm³/mol. The molecule has 2 aromatic carbocycles. The molecule has 0 aliphatic heterocycles. The Balaban J connectivity index is 2.25. The second-order valence-corrected chi connectivity index (χ2v) is 11.7. The lowest BCUT2D eigenvalue weighted by Gasteiger charge is -2.17. The number of benzene rings is 2. The van der Waals surface area contributed by atoms with Crippen LogP contribution in [0.25, 0.3) is 10.8 Å². The third kappa shape index (κ3) is 3.70. The Labute approximate surface area is 118 Å². The van der Waals surface area contributed by atoms with Gasteiger partial charge in [-0.15, -0.1) is 0 Å². The molecule has 0 amide bonds. The van der Waals surface area contributed by atoms with Crippen molar-refractivity contribution in [3.63, 3.8) is 0 Å². The second-order valence-electron chi connectivity index (χ2n) is 6.60. The minimum absolute atomic E-state index is 1.19. The maximum atomic E-state index is 2.41. The summed E-state index contributed by atoms with van der Waals surface area (Å²) in [5, 5.41) is 4.36. The molecule has 2 rings (SSSR count). The fourth-order valence-corrected chi connectivity index (χ4v) is 3.67. The molecule has 0 atom stereocenters. The first-order valence-electron chi connectivity index (χ1n) is 7.54. The Morgan fingerprint density at radius 3 is 2.21 bits per heavy atom. The number of unbranched alkanes of at least 4 members (excludes halogenated alkanes) is 2. The lowest BCUT2D eigenvalue weighted by atomic mass is 10.0. The van der Waals surface area contributed by atoms with Gasteiger partial charge in [-0.2, -0.15) is 0 Å². The van der Waals surface area contributed by atoms with Crippen LogP contribution in [-0.2, 0) is 6.42 Å². The first kappa shape index (κ1) is 14.3. The zero-order valence-corrected chi connectivity index (χ0v) is 13.8. The minimum Gasteiger partial charge on any atom is -0.0656 e. The van der Waals surface area contributed by atoms with E-state index in [2.05, 4.69) is 63.0 Å². The van der Waals surface area contributed by atoms with Gasteiger partial charge in [-0.1, -0.05) is 81.0 Å². The molecule has 0 unspecified atom stereocenters. The van der Waals surface area contributed by atoms with Crippen molar-refractivity contribution in [1.29, 1.82) is 0 Å². The Hall–Kier alpha value is -1.08. The third-order valence-corrected chi connectivity index (χ3v) is 5.88. The molecular weight excluding hydrogens is 244 g/mol. The highest BCUT2D eigenvalue weighted by atomic mass is 28.3. The Morgan fingerprint density at radius 2 is 1.53 bits per heavy atom. The van der Waals surface area contributed by atoms with E-state index in [0.717, 1.165) is 0 Å². The average molecular weight is 270 g/mol. The average Bonchev–Trinajstić information content (AvgIpc) is 2.37. The minimum atomic E-state index is -1.19. The van der Waals surface area contributed by atoms with Crippen LogP contribution in [0.5, 0.6) is 0 Å². The second kappa shape index (κ2) is 5.92. The molecule has 0 nitrogen and oxygen atoms in total. The van der Waals surface area contributed by atoms with Crippen LogP contribution < -0.4 is 5.19 Å². The van der Waals surface area contributed by atoms with Gasteiger partial charge >= 0.3 is 0 Å². The number of hydrogen-bond donors (Lipinski definition) is 0. The van der Waals surface area contributed by atoms with Crippen LogP contribution in [0.1, 0.15) is 31.7 Å². The normalized spacial score (nSPS) is 12.0. The zero-order valence-electron chi connectivity index (χ0n) is 12.8. The van der Waals surface area contributed by atoms with Gasteiger partial charge in [0.15, 0.2) is 0 Å². The zero-order chi connectivity index (χ0) is 13.9. The van der Waals surface area contributed by atoms with Gasteiger partial charge in [0.2, 0.25) is 0 Å². The van der Waals surface area contributed by atoms with Gasteiger partial charge in [-0.25, -0.2) is 0 Å². The first-order valence-corrected chi connectivity index (χ1v) is 11.0. The number of aryl methyl sites for hydroxylation is 1. The molecule has 0 heterocycles. The van der Waals surface area contributed by atoms with Crippen LogP contribution in [0.4, 0.5) is 0 Å². The number of fused-ring (bicyclic) bond motifs is 1. The summed E-state index contributed by atoms with van der Waals surface area (Å²) in [4.78, 5) is 0. The predicted octanol–water partition coefficient (Wildman–Crippen LogP) is 5.12. The fourth-order valence-electron chi connectivity index (χ4n) is 2.50. The van der Waals surface area contributed by atoms with Crippen molar-refractivity contribution in [3.05, 3.63) is 42.0 Å². The Kier molecular flexibility index (Phi) is 4.46. The molecule has 0 N–H and O–H groups in total. The van der Waals surface area contributed by atoms with E-state index in [4.69, 9.17) is 0 Å². The molecular formula is C18H26Si. The van der Waals surface area contributed by atoms with Crippen LogP contribution in [-0.4, -0.2) is 8.07 Å². The van der Waals surface area contributed by atoms with Crippen molar-refractivity contribution >= 4 is 24.0 Å². The molecule has 0 saturated carbocycles. The molecule has 0 saturated heterocycles. The SMILES string of the molecule is CCCCCc1ccc2cc([Si](C)(C)C)ccc2c1. The molecule has 19 heavy (non-hydrogen) atoms. The summed E-state index contributed by atoms with van der Waals surface area (Å²) < 4.78 is 0. The van der Waals surface area contributed by atoms with E-state index >= 15 is 0 Å². The van der Waals surface area contributed by atoms with Gasteiger partial charge < -0.3 is 0 Å². The molecule has 0 aliphatic rings. The van der Waals surface area contributed by atoms with E-state index in [1.165, 1.54) is 42.0 Å². The summed E-state index contributed by atoms with van der Waals surface area (Å²) in [6, 6.07) is 14.0. The van der Waals surface area contributed by atoms with Gasteiger partial charge in [-0.05, 0) is 29.2 Å². The maximum Gasteiger partial charge on any atom is 0.0776 e. The van der Waals surface area contributed by atoms with Crippen molar-refractivity contribution in [2.45, 2.75) is 52.2 Å². The monoisotopic (exact) mass is 270 g/mol. The maximum absolute atomic E-state index is 2.41. The van der Waals surface area contributed by atoms with Crippen LogP contribution in [0, 0.1) is 0 Å². The molecule has 0 bridgehead atoms. The summed E-state index contributed by atoms with van der Waals surface area (Å²) in [5.41, 5.74) is 1.49. The van der Waals surface area contributed by atoms with Gasteiger partial charge in [0.25, 0.3) is 0 Å². The highest BCUT2D eigenvalue weighted by molar-refractivity contribution is 6.88. The molecule has 0 aromatic heterocycles. The van der Waals surface area contributed by atoms with Crippen molar-refractivity contribution in [1.82, 2.24) is 0 Å². The van der Waals surface area contributed by atoms with E-state index in [-0.39, 0.29) is 0 Å². The van der Waals surface area contributed by atoms with Crippen molar-refractivity contribution in [3.8, 4) is 0 Å². The Bertz CT molecular complexity index is 549. The smallest absolute Gasteiger partial charge is 0.0656 e. The van der Waals surface area contributed by atoms with E-state index in [1.807, 2.05) is 0 Å². The quantitative estimate of drug-likeness (QED) is 0.522. The van der Waals surface area contributed by atoms with Gasteiger partial charge in [-0.3, -0.25) is 0 Å². The van der Waals surface area contributed by atoms with E-state index < -0.39 is 8.07 Å². The molecule has 0 radical (unpaired) electrons. The van der Waals surface area contributed by atoms with Gasteiger partial charge in [0.05, 0.1) is 8.07 Å². The molecule has 0 spiro atoms. The van der Waals surface area contributed by atoms with Gasteiger partial charge in [0, 0.05) is 0 Å². The van der Waals surface area contributed by atoms with Crippen molar-refractivity contribution in [2.24, 2.45) is 0 Å². The van der Waals surface area contributed by atoms with Crippen molar-refractivity contribution < 1.29 is 0 Å².